The smallest absolute Gasteiger partial charge is 0.329 e. The number of carbonyl (C=O) groups excluding carboxylic acids is 3. The molecule has 0 spiro atoms. The number of carbonyl (C=O) groups is 3. The third-order valence-electron chi connectivity index (χ3n) is 4.26. The van der Waals surface area contributed by atoms with Gasteiger partial charge in [-0.25, -0.2) is 5.43 Å². The second kappa shape index (κ2) is 11.4. The number of hydrogen-bond acceptors (Lipinski definition) is 5. The van der Waals surface area contributed by atoms with Crippen molar-refractivity contribution in [3.05, 3.63) is 88.9 Å². The molecule has 0 atom stereocenters. The molecule has 0 aromatic heterocycles. The van der Waals surface area contributed by atoms with Crippen molar-refractivity contribution in [2.75, 3.05) is 17.2 Å². The Hall–Kier alpha value is -4.17. The Morgan fingerprint density at radius 1 is 0.939 bits per heavy atom. The van der Waals surface area contributed by atoms with Crippen LogP contribution in [0.4, 0.5) is 11.4 Å². The van der Waals surface area contributed by atoms with Crippen molar-refractivity contribution in [3.63, 3.8) is 0 Å². The first-order valence-electron chi connectivity index (χ1n) is 9.89. The van der Waals surface area contributed by atoms with E-state index in [4.69, 9.17) is 16.3 Å². The van der Waals surface area contributed by atoms with E-state index < -0.39 is 11.8 Å². The minimum Gasteiger partial charge on any atom is -0.484 e. The Bertz CT molecular complexity index is 1180. The molecule has 0 bridgehead atoms. The van der Waals surface area contributed by atoms with Crippen molar-refractivity contribution < 1.29 is 19.1 Å². The lowest BCUT2D eigenvalue weighted by Gasteiger charge is -2.08. The molecule has 0 aliphatic rings. The van der Waals surface area contributed by atoms with E-state index in [9.17, 15) is 14.4 Å². The number of hydrogen-bond donors (Lipinski definition) is 3. The zero-order chi connectivity index (χ0) is 23.6. The topological polar surface area (TPSA) is 109 Å². The number of anilines is 2. The van der Waals surface area contributed by atoms with Crippen LogP contribution in [-0.2, 0) is 14.4 Å². The quantitative estimate of drug-likeness (QED) is 0.281. The maximum Gasteiger partial charge on any atom is 0.329 e. The van der Waals surface area contributed by atoms with Crippen LogP contribution in [0.5, 0.6) is 5.75 Å². The zero-order valence-corrected chi connectivity index (χ0v) is 18.4. The standard InChI is InChI=1S/C24H21ClN4O4/c1-16-5-4-6-18(13-16)27-22(30)15-33-19-11-9-17(10-12-19)14-26-29-24(32)23(31)28-21-8-3-2-7-20(21)25/h2-14H,15H2,1H3,(H,27,30)(H,28,31)(H,29,32)/b26-14-. The molecule has 3 aromatic carbocycles. The summed E-state index contributed by atoms with van der Waals surface area (Å²) in [6.45, 7) is 1.80. The molecule has 3 amide bonds. The average molecular weight is 465 g/mol. The Labute approximate surface area is 195 Å². The van der Waals surface area contributed by atoms with E-state index in [1.54, 1.807) is 54.6 Å². The van der Waals surface area contributed by atoms with Crippen molar-refractivity contribution in [3.8, 4) is 5.75 Å². The fourth-order valence-electron chi connectivity index (χ4n) is 2.68. The van der Waals surface area contributed by atoms with Gasteiger partial charge < -0.3 is 15.4 Å². The van der Waals surface area contributed by atoms with Gasteiger partial charge in [-0.15, -0.1) is 0 Å². The Kier molecular flexibility index (Phi) is 8.15. The first kappa shape index (κ1) is 23.5. The molecule has 3 aromatic rings. The van der Waals surface area contributed by atoms with Gasteiger partial charge >= 0.3 is 11.8 Å². The molecular weight excluding hydrogens is 444 g/mol. The highest BCUT2D eigenvalue weighted by atomic mass is 35.5. The normalized spacial score (nSPS) is 10.5. The number of ether oxygens (including phenoxy) is 1. The molecule has 9 heteroatoms. The first-order valence-corrected chi connectivity index (χ1v) is 10.3. The monoisotopic (exact) mass is 464 g/mol. The molecule has 0 saturated carbocycles. The van der Waals surface area contributed by atoms with Crippen LogP contribution in [-0.4, -0.2) is 30.5 Å². The highest BCUT2D eigenvalue weighted by Gasteiger charge is 2.14. The lowest BCUT2D eigenvalue weighted by Crippen LogP contribution is -2.32. The number of amides is 3. The highest BCUT2D eigenvalue weighted by Crippen LogP contribution is 2.20. The van der Waals surface area contributed by atoms with Gasteiger partial charge in [0.15, 0.2) is 6.61 Å². The van der Waals surface area contributed by atoms with Crippen LogP contribution in [0.25, 0.3) is 0 Å². The van der Waals surface area contributed by atoms with Gasteiger partial charge in [-0.3, -0.25) is 14.4 Å². The van der Waals surface area contributed by atoms with Crippen LogP contribution in [0.1, 0.15) is 11.1 Å². The lowest BCUT2D eigenvalue weighted by molar-refractivity contribution is -0.136. The number of aryl methyl sites for hydroxylation is 1. The summed E-state index contributed by atoms with van der Waals surface area (Å²) in [5, 5.41) is 9.24. The van der Waals surface area contributed by atoms with Gasteiger partial charge in [0, 0.05) is 5.69 Å². The predicted molar refractivity (Wildman–Crippen MR) is 128 cm³/mol. The molecule has 0 fully saturated rings. The van der Waals surface area contributed by atoms with E-state index in [0.717, 1.165) is 5.56 Å². The minimum absolute atomic E-state index is 0.141. The fourth-order valence-corrected chi connectivity index (χ4v) is 2.86. The van der Waals surface area contributed by atoms with E-state index in [-0.39, 0.29) is 12.5 Å². The SMILES string of the molecule is Cc1cccc(NC(=O)COc2ccc(/C=N\NC(=O)C(=O)Nc3ccccc3Cl)cc2)c1. The molecule has 3 rings (SSSR count). The van der Waals surface area contributed by atoms with Crippen LogP contribution >= 0.6 is 11.6 Å². The summed E-state index contributed by atoms with van der Waals surface area (Å²) in [5.41, 5.74) is 4.87. The maximum atomic E-state index is 12.0. The van der Waals surface area contributed by atoms with Crippen molar-refractivity contribution in [1.82, 2.24) is 5.43 Å². The molecule has 0 saturated heterocycles. The molecule has 0 aliphatic heterocycles. The maximum absolute atomic E-state index is 12.0. The lowest BCUT2D eigenvalue weighted by atomic mass is 10.2. The highest BCUT2D eigenvalue weighted by molar-refractivity contribution is 6.41. The van der Waals surface area contributed by atoms with Crippen LogP contribution < -0.4 is 20.8 Å². The van der Waals surface area contributed by atoms with Gasteiger partial charge in [0.1, 0.15) is 5.75 Å². The van der Waals surface area contributed by atoms with E-state index in [1.807, 2.05) is 25.1 Å². The number of nitrogens with zero attached hydrogens (tertiary/aromatic N) is 1. The third-order valence-corrected chi connectivity index (χ3v) is 4.59. The number of halogens is 1. The van der Waals surface area contributed by atoms with Crippen molar-refractivity contribution in [1.29, 1.82) is 0 Å². The fraction of sp³-hybridized carbons (Fsp3) is 0.0833. The Morgan fingerprint density at radius 2 is 1.70 bits per heavy atom. The molecule has 3 N–H and O–H groups in total. The number of rotatable bonds is 7. The molecule has 0 radical (unpaired) electrons. The van der Waals surface area contributed by atoms with E-state index in [2.05, 4.69) is 21.2 Å². The van der Waals surface area contributed by atoms with E-state index >= 15 is 0 Å². The van der Waals surface area contributed by atoms with Gasteiger partial charge in [-0.2, -0.15) is 5.10 Å². The van der Waals surface area contributed by atoms with Crippen molar-refractivity contribution in [2.24, 2.45) is 5.10 Å². The molecular formula is C24H21ClN4O4. The van der Waals surface area contributed by atoms with Gasteiger partial charge in [0.25, 0.3) is 5.91 Å². The summed E-state index contributed by atoms with van der Waals surface area (Å²) >= 11 is 5.94. The third kappa shape index (κ3) is 7.48. The summed E-state index contributed by atoms with van der Waals surface area (Å²) < 4.78 is 5.48. The molecule has 168 valence electrons. The van der Waals surface area contributed by atoms with Gasteiger partial charge in [-0.05, 0) is 66.6 Å². The van der Waals surface area contributed by atoms with Crippen LogP contribution in [0.2, 0.25) is 5.02 Å². The average Bonchev–Trinajstić information content (AvgIpc) is 2.80. The Balaban J connectivity index is 1.44. The van der Waals surface area contributed by atoms with Crippen molar-refractivity contribution in [2.45, 2.75) is 6.92 Å². The van der Waals surface area contributed by atoms with Crippen LogP contribution in [0.15, 0.2) is 77.9 Å². The zero-order valence-electron chi connectivity index (χ0n) is 17.7. The summed E-state index contributed by atoms with van der Waals surface area (Å²) in [6, 6.07) is 20.7. The summed E-state index contributed by atoms with van der Waals surface area (Å²) in [4.78, 5) is 35.8. The second-order valence-electron chi connectivity index (χ2n) is 6.91. The number of benzene rings is 3. The van der Waals surface area contributed by atoms with Crippen LogP contribution in [0.3, 0.4) is 0 Å². The number of hydrazone groups is 1. The number of para-hydroxylation sites is 1. The summed E-state index contributed by atoms with van der Waals surface area (Å²) in [6.07, 6.45) is 1.37. The molecule has 0 heterocycles. The Morgan fingerprint density at radius 3 is 2.42 bits per heavy atom. The van der Waals surface area contributed by atoms with E-state index in [0.29, 0.717) is 27.7 Å². The van der Waals surface area contributed by atoms with Gasteiger partial charge in [0.05, 0.1) is 16.9 Å². The molecule has 0 unspecified atom stereocenters. The van der Waals surface area contributed by atoms with Crippen LogP contribution in [0, 0.1) is 6.92 Å². The summed E-state index contributed by atoms with van der Waals surface area (Å²) in [7, 11) is 0. The van der Waals surface area contributed by atoms with E-state index in [1.165, 1.54) is 6.21 Å². The first-order chi connectivity index (χ1) is 15.9. The molecule has 8 nitrogen and oxygen atoms in total. The molecule has 0 aliphatic carbocycles. The largest absolute Gasteiger partial charge is 0.484 e. The minimum atomic E-state index is -0.939. The van der Waals surface area contributed by atoms with Crippen molar-refractivity contribution >= 4 is 46.9 Å². The van der Waals surface area contributed by atoms with Gasteiger partial charge in [0.2, 0.25) is 0 Å². The second-order valence-corrected chi connectivity index (χ2v) is 7.32. The number of nitrogens with one attached hydrogen (secondary N) is 3. The molecule has 33 heavy (non-hydrogen) atoms. The van der Waals surface area contributed by atoms with Gasteiger partial charge in [-0.1, -0.05) is 35.9 Å². The summed E-state index contributed by atoms with van der Waals surface area (Å²) in [5.74, 6) is -1.61. The predicted octanol–water partition coefficient (Wildman–Crippen LogP) is 3.75.